The Kier molecular flexibility index (Phi) is 6.32. The summed E-state index contributed by atoms with van der Waals surface area (Å²) in [7, 11) is 0. The lowest BCUT2D eigenvalue weighted by molar-refractivity contribution is 0.102. The number of hydrogen-bond donors (Lipinski definition) is 1. The van der Waals surface area contributed by atoms with Gasteiger partial charge in [0.2, 0.25) is 11.6 Å². The molecule has 2 fully saturated rings. The first-order valence-corrected chi connectivity index (χ1v) is 12.6. The monoisotopic (exact) mass is 456 g/mol. The molecule has 0 bridgehead atoms. The molecule has 0 unspecified atom stereocenters. The Bertz CT molecular complexity index is 1220. The summed E-state index contributed by atoms with van der Waals surface area (Å²) < 4.78 is 2.03. The van der Waals surface area contributed by atoms with Crippen LogP contribution in [0, 0.1) is 29.1 Å². The van der Waals surface area contributed by atoms with Crippen LogP contribution in [-0.2, 0) is 6.54 Å². The normalized spacial score (nSPS) is 21.6. The molecule has 0 amide bonds. The second-order valence-electron chi connectivity index (χ2n) is 10.2. The number of ketones is 1. The number of carbonyl (C=O) groups excluding carboxylic acids is 1. The topological polar surface area (TPSA) is 96.5 Å². The van der Waals surface area contributed by atoms with Gasteiger partial charge in [-0.15, -0.1) is 0 Å². The molecule has 1 aromatic carbocycles. The molecule has 0 radical (unpaired) electrons. The van der Waals surface area contributed by atoms with Crippen molar-refractivity contribution >= 4 is 22.8 Å². The molecule has 2 aliphatic rings. The smallest absolute Gasteiger partial charge is 0.236 e. The van der Waals surface area contributed by atoms with Crippen LogP contribution in [-0.4, -0.2) is 31.3 Å². The van der Waals surface area contributed by atoms with Crippen molar-refractivity contribution < 1.29 is 4.79 Å². The van der Waals surface area contributed by atoms with E-state index in [4.69, 9.17) is 4.98 Å². The SMILES string of the molecule is CC1CCC(Cn2c(C(=O)c3ccccc3)nc3nc(C#N)nc(N[C@H](C)C4CCC4)c32)CC1. The van der Waals surface area contributed by atoms with E-state index < -0.39 is 0 Å². The quantitative estimate of drug-likeness (QED) is 0.481. The molecule has 1 N–H and O–H groups in total. The van der Waals surface area contributed by atoms with Crippen LogP contribution >= 0.6 is 0 Å². The molecule has 1 atom stereocenters. The fourth-order valence-corrected chi connectivity index (χ4v) is 5.30. The Morgan fingerprint density at radius 2 is 1.85 bits per heavy atom. The number of carbonyl (C=O) groups is 1. The van der Waals surface area contributed by atoms with E-state index in [-0.39, 0.29) is 17.6 Å². The third-order valence-corrected chi connectivity index (χ3v) is 7.74. The lowest BCUT2D eigenvalue weighted by atomic mass is 9.80. The fourth-order valence-electron chi connectivity index (χ4n) is 5.30. The summed E-state index contributed by atoms with van der Waals surface area (Å²) in [6.07, 6.45) is 8.34. The van der Waals surface area contributed by atoms with Crippen LogP contribution in [0.3, 0.4) is 0 Å². The number of nitrogens with zero attached hydrogens (tertiary/aromatic N) is 5. The van der Waals surface area contributed by atoms with E-state index in [2.05, 4.69) is 35.2 Å². The summed E-state index contributed by atoms with van der Waals surface area (Å²) in [6.45, 7) is 5.19. The maximum Gasteiger partial charge on any atom is 0.236 e. The summed E-state index contributed by atoms with van der Waals surface area (Å²) in [5.74, 6) is 2.77. The van der Waals surface area contributed by atoms with Crippen molar-refractivity contribution in [3.63, 3.8) is 0 Å². The molecule has 2 aromatic heterocycles. The van der Waals surface area contributed by atoms with E-state index >= 15 is 0 Å². The summed E-state index contributed by atoms with van der Waals surface area (Å²) in [6, 6.07) is 11.6. The molecule has 2 heterocycles. The number of nitrogens with one attached hydrogen (secondary N) is 1. The van der Waals surface area contributed by atoms with Crippen molar-refractivity contribution in [2.75, 3.05) is 5.32 Å². The van der Waals surface area contributed by atoms with E-state index in [1.807, 2.05) is 34.9 Å². The van der Waals surface area contributed by atoms with E-state index in [1.54, 1.807) is 0 Å². The van der Waals surface area contributed by atoms with Crippen molar-refractivity contribution in [3.05, 3.63) is 47.5 Å². The third kappa shape index (κ3) is 4.42. The standard InChI is InChI=1S/C27H32N6O/c1-17-11-13-19(14-12-17)16-33-23-25(29-18(2)20-9-6-10-20)30-22(15-28)31-26(23)32-27(33)24(34)21-7-4-3-5-8-21/h3-5,7-8,17-20H,6,9-14,16H2,1-2H3,(H,29,30,31)/t17?,18-,19?/m1/s1. The molecule has 7 nitrogen and oxygen atoms in total. The first-order chi connectivity index (χ1) is 16.5. The molecule has 3 aromatic rings. The molecule has 5 rings (SSSR count). The first kappa shape index (κ1) is 22.5. The van der Waals surface area contributed by atoms with Gasteiger partial charge < -0.3 is 9.88 Å². The van der Waals surface area contributed by atoms with E-state index in [0.717, 1.165) is 24.3 Å². The zero-order valence-corrected chi connectivity index (χ0v) is 20.0. The van der Waals surface area contributed by atoms with Crippen LogP contribution in [0.25, 0.3) is 11.2 Å². The van der Waals surface area contributed by atoms with Gasteiger partial charge in [-0.25, -0.2) is 4.98 Å². The van der Waals surface area contributed by atoms with Crippen LogP contribution in [0.2, 0.25) is 0 Å². The minimum atomic E-state index is -0.126. The summed E-state index contributed by atoms with van der Waals surface area (Å²) in [5.41, 5.74) is 1.75. The Morgan fingerprint density at radius 1 is 1.12 bits per heavy atom. The molecule has 176 valence electrons. The summed E-state index contributed by atoms with van der Waals surface area (Å²) in [5, 5.41) is 13.1. The molecule has 7 heteroatoms. The van der Waals surface area contributed by atoms with Gasteiger partial charge in [0.15, 0.2) is 17.3 Å². The summed E-state index contributed by atoms with van der Waals surface area (Å²) >= 11 is 0. The maximum absolute atomic E-state index is 13.6. The minimum absolute atomic E-state index is 0.0747. The molecule has 2 aliphatic carbocycles. The lowest BCUT2D eigenvalue weighted by Crippen LogP contribution is -2.31. The van der Waals surface area contributed by atoms with Gasteiger partial charge >= 0.3 is 0 Å². The molecule has 2 saturated carbocycles. The lowest BCUT2D eigenvalue weighted by Gasteiger charge is -2.32. The van der Waals surface area contributed by atoms with Gasteiger partial charge in [-0.05, 0) is 50.4 Å². The highest BCUT2D eigenvalue weighted by Crippen LogP contribution is 2.34. The van der Waals surface area contributed by atoms with Crippen LogP contribution in [0.15, 0.2) is 30.3 Å². The van der Waals surface area contributed by atoms with Crippen molar-refractivity contribution in [2.45, 2.75) is 71.4 Å². The van der Waals surface area contributed by atoms with Gasteiger partial charge in [0, 0.05) is 18.2 Å². The number of nitriles is 1. The van der Waals surface area contributed by atoms with E-state index in [0.29, 0.717) is 41.2 Å². The van der Waals surface area contributed by atoms with Gasteiger partial charge in [0.1, 0.15) is 11.6 Å². The van der Waals surface area contributed by atoms with Crippen LogP contribution < -0.4 is 5.32 Å². The summed E-state index contributed by atoms with van der Waals surface area (Å²) in [4.78, 5) is 27.2. The second kappa shape index (κ2) is 9.54. The van der Waals surface area contributed by atoms with E-state index in [1.165, 1.54) is 32.1 Å². The highest BCUT2D eigenvalue weighted by Gasteiger charge is 2.29. The molecule has 34 heavy (non-hydrogen) atoms. The number of benzene rings is 1. The molecular formula is C27H32N6O. The maximum atomic E-state index is 13.6. The Morgan fingerprint density at radius 3 is 2.50 bits per heavy atom. The number of hydrogen-bond acceptors (Lipinski definition) is 6. The van der Waals surface area contributed by atoms with Gasteiger partial charge in [0.25, 0.3) is 0 Å². The fraction of sp³-hybridized carbons (Fsp3) is 0.519. The molecule has 0 spiro atoms. The van der Waals surface area contributed by atoms with Crippen LogP contribution in [0.1, 0.15) is 80.8 Å². The van der Waals surface area contributed by atoms with Gasteiger partial charge in [-0.2, -0.15) is 15.2 Å². The van der Waals surface area contributed by atoms with Gasteiger partial charge in [-0.3, -0.25) is 4.79 Å². The first-order valence-electron chi connectivity index (χ1n) is 12.6. The largest absolute Gasteiger partial charge is 0.365 e. The Hall–Kier alpha value is -3.27. The predicted molar refractivity (Wildman–Crippen MR) is 131 cm³/mol. The van der Waals surface area contributed by atoms with Crippen molar-refractivity contribution in [2.24, 2.45) is 17.8 Å². The van der Waals surface area contributed by atoms with Crippen molar-refractivity contribution in [3.8, 4) is 6.07 Å². The van der Waals surface area contributed by atoms with Crippen LogP contribution in [0.5, 0.6) is 0 Å². The number of rotatable bonds is 7. The van der Waals surface area contributed by atoms with Crippen LogP contribution in [0.4, 0.5) is 5.82 Å². The third-order valence-electron chi connectivity index (χ3n) is 7.74. The molecular weight excluding hydrogens is 424 g/mol. The highest BCUT2D eigenvalue weighted by atomic mass is 16.1. The van der Waals surface area contributed by atoms with Gasteiger partial charge in [0.05, 0.1) is 0 Å². The average molecular weight is 457 g/mol. The second-order valence-corrected chi connectivity index (χ2v) is 10.2. The zero-order valence-electron chi connectivity index (χ0n) is 20.0. The number of aromatic nitrogens is 4. The van der Waals surface area contributed by atoms with Crippen molar-refractivity contribution in [1.29, 1.82) is 5.26 Å². The Labute approximate surface area is 200 Å². The number of fused-ring (bicyclic) bond motifs is 1. The number of imidazole rings is 1. The minimum Gasteiger partial charge on any atom is -0.365 e. The number of anilines is 1. The average Bonchev–Trinajstić information content (AvgIpc) is 3.17. The van der Waals surface area contributed by atoms with E-state index in [9.17, 15) is 10.1 Å². The zero-order chi connectivity index (χ0) is 23.7. The predicted octanol–water partition coefficient (Wildman–Crippen LogP) is 5.36. The highest BCUT2D eigenvalue weighted by molar-refractivity contribution is 6.08. The van der Waals surface area contributed by atoms with Crippen molar-refractivity contribution in [1.82, 2.24) is 19.5 Å². The Balaban J connectivity index is 1.61. The molecule has 0 aliphatic heterocycles. The van der Waals surface area contributed by atoms with Gasteiger partial charge in [-0.1, -0.05) is 56.5 Å². The molecule has 0 saturated heterocycles.